The maximum atomic E-state index is 11.9. The molecule has 0 aromatic carbocycles. The summed E-state index contributed by atoms with van der Waals surface area (Å²) in [5.74, 6) is 0.733. The third-order valence-corrected chi connectivity index (χ3v) is 3.59. The van der Waals surface area contributed by atoms with Crippen molar-refractivity contribution in [1.29, 1.82) is 0 Å². The van der Waals surface area contributed by atoms with Gasteiger partial charge in [0.25, 0.3) is 0 Å². The summed E-state index contributed by atoms with van der Waals surface area (Å²) in [6.45, 7) is 6.48. The highest BCUT2D eigenvalue weighted by molar-refractivity contribution is 5.76. The Labute approximate surface area is 120 Å². The summed E-state index contributed by atoms with van der Waals surface area (Å²) >= 11 is 0. The lowest BCUT2D eigenvalue weighted by molar-refractivity contribution is -0.129. The number of hydrogen-bond acceptors (Lipinski definition) is 5. The maximum absolute atomic E-state index is 11.9. The van der Waals surface area contributed by atoms with E-state index in [4.69, 9.17) is 0 Å². The van der Waals surface area contributed by atoms with E-state index in [0.717, 1.165) is 50.2 Å². The topological polar surface area (TPSA) is 71.0 Å². The number of carbonyl (C=O) groups excluding carboxylic acids is 1. The molecule has 0 spiro atoms. The number of anilines is 1. The predicted octanol–water partition coefficient (Wildman–Crippen LogP) is 1.42. The lowest BCUT2D eigenvalue weighted by atomic mass is 10.2. The van der Waals surface area contributed by atoms with Gasteiger partial charge in [-0.25, -0.2) is 4.98 Å². The van der Waals surface area contributed by atoms with Crippen LogP contribution in [0.25, 0.3) is 0 Å². The summed E-state index contributed by atoms with van der Waals surface area (Å²) in [5, 5.41) is 11.3. The van der Waals surface area contributed by atoms with Crippen LogP contribution in [0.15, 0.2) is 0 Å². The molecule has 0 atom stereocenters. The van der Waals surface area contributed by atoms with Gasteiger partial charge in [0.05, 0.1) is 11.4 Å². The minimum atomic E-state index is 0.212. The number of carbonyl (C=O) groups is 1. The van der Waals surface area contributed by atoms with Crippen LogP contribution in [0.4, 0.5) is 5.95 Å². The molecular weight excluding hydrogens is 254 g/mol. The number of nitrogens with one attached hydrogen (secondary N) is 1. The Bertz CT molecular complexity index is 457. The minimum Gasteiger partial charge on any atom is -0.352 e. The Balaban J connectivity index is 1.83. The zero-order valence-electron chi connectivity index (χ0n) is 12.4. The van der Waals surface area contributed by atoms with E-state index in [0.29, 0.717) is 18.9 Å². The van der Waals surface area contributed by atoms with Crippen LogP contribution in [0.2, 0.25) is 0 Å². The van der Waals surface area contributed by atoms with Gasteiger partial charge in [-0.3, -0.25) is 4.79 Å². The van der Waals surface area contributed by atoms with Crippen LogP contribution >= 0.6 is 0 Å². The maximum Gasteiger partial charge on any atom is 0.242 e. The van der Waals surface area contributed by atoms with Crippen LogP contribution in [-0.2, 0) is 17.6 Å². The monoisotopic (exact) mass is 277 g/mol. The van der Waals surface area contributed by atoms with Crippen molar-refractivity contribution in [3.05, 3.63) is 11.4 Å². The van der Waals surface area contributed by atoms with Gasteiger partial charge in [-0.1, -0.05) is 13.8 Å². The van der Waals surface area contributed by atoms with E-state index in [-0.39, 0.29) is 5.91 Å². The van der Waals surface area contributed by atoms with Gasteiger partial charge in [0.2, 0.25) is 11.9 Å². The predicted molar refractivity (Wildman–Crippen MR) is 77.5 cm³/mol. The van der Waals surface area contributed by atoms with Crippen LogP contribution in [0.5, 0.6) is 0 Å². The lowest BCUT2D eigenvalue weighted by Gasteiger charge is -2.15. The van der Waals surface area contributed by atoms with Crippen molar-refractivity contribution in [3.63, 3.8) is 0 Å². The smallest absolute Gasteiger partial charge is 0.242 e. The van der Waals surface area contributed by atoms with Gasteiger partial charge >= 0.3 is 0 Å². The van der Waals surface area contributed by atoms with Crippen LogP contribution in [0, 0.1) is 0 Å². The van der Waals surface area contributed by atoms with Gasteiger partial charge in [0.15, 0.2) is 0 Å². The van der Waals surface area contributed by atoms with E-state index >= 15 is 0 Å². The summed E-state index contributed by atoms with van der Waals surface area (Å²) in [6, 6.07) is 0. The zero-order valence-corrected chi connectivity index (χ0v) is 12.4. The van der Waals surface area contributed by atoms with Crippen LogP contribution in [0.3, 0.4) is 0 Å². The molecule has 0 radical (unpaired) electrons. The molecule has 110 valence electrons. The number of amides is 1. The molecule has 0 bridgehead atoms. The molecule has 1 N–H and O–H groups in total. The Kier molecular flexibility index (Phi) is 5.26. The summed E-state index contributed by atoms with van der Waals surface area (Å²) in [5.41, 5.74) is 1.93. The molecule has 1 aromatic rings. The highest BCUT2D eigenvalue weighted by Crippen LogP contribution is 2.09. The normalized spacial score (nSPS) is 14.6. The summed E-state index contributed by atoms with van der Waals surface area (Å²) in [4.78, 5) is 18.3. The third kappa shape index (κ3) is 3.65. The number of rotatable bonds is 6. The fourth-order valence-electron chi connectivity index (χ4n) is 2.42. The first-order chi connectivity index (χ1) is 9.74. The molecule has 1 aromatic heterocycles. The van der Waals surface area contributed by atoms with E-state index in [9.17, 15) is 4.79 Å². The Morgan fingerprint density at radius 3 is 2.50 bits per heavy atom. The molecule has 1 amide bonds. The molecular formula is C14H23N5O. The largest absolute Gasteiger partial charge is 0.352 e. The molecule has 1 aliphatic rings. The van der Waals surface area contributed by atoms with Crippen molar-refractivity contribution in [2.75, 3.05) is 25.0 Å². The zero-order chi connectivity index (χ0) is 14.4. The van der Waals surface area contributed by atoms with Crippen molar-refractivity contribution < 1.29 is 4.79 Å². The second kappa shape index (κ2) is 7.17. The Morgan fingerprint density at radius 1 is 1.15 bits per heavy atom. The lowest BCUT2D eigenvalue weighted by Crippen LogP contribution is -2.29. The van der Waals surface area contributed by atoms with Crippen LogP contribution in [0.1, 0.15) is 44.5 Å². The number of aromatic nitrogens is 3. The molecule has 0 aliphatic carbocycles. The second-order valence-corrected chi connectivity index (χ2v) is 5.00. The summed E-state index contributed by atoms with van der Waals surface area (Å²) < 4.78 is 0. The fourth-order valence-corrected chi connectivity index (χ4v) is 2.42. The average Bonchev–Trinajstić information content (AvgIpc) is 3.01. The summed E-state index contributed by atoms with van der Waals surface area (Å²) in [7, 11) is 0. The fraction of sp³-hybridized carbons (Fsp3) is 0.714. The molecule has 1 fully saturated rings. The second-order valence-electron chi connectivity index (χ2n) is 5.00. The first-order valence-corrected chi connectivity index (χ1v) is 7.48. The van der Waals surface area contributed by atoms with Gasteiger partial charge in [0.1, 0.15) is 0 Å². The van der Waals surface area contributed by atoms with Crippen molar-refractivity contribution in [1.82, 2.24) is 20.1 Å². The average molecular weight is 277 g/mol. The molecule has 2 rings (SSSR count). The molecule has 1 aliphatic heterocycles. The van der Waals surface area contributed by atoms with Crippen molar-refractivity contribution in [2.24, 2.45) is 0 Å². The van der Waals surface area contributed by atoms with E-state index in [2.05, 4.69) is 27.4 Å². The molecule has 1 saturated heterocycles. The number of hydrogen-bond donors (Lipinski definition) is 1. The van der Waals surface area contributed by atoms with Gasteiger partial charge < -0.3 is 10.2 Å². The van der Waals surface area contributed by atoms with E-state index < -0.39 is 0 Å². The Morgan fingerprint density at radius 2 is 1.85 bits per heavy atom. The quantitative estimate of drug-likeness (QED) is 0.851. The number of likely N-dealkylation sites (tertiary alicyclic amines) is 1. The standard InChI is InChI=1S/C14H23N5O/c1-3-11-12(4-2)17-18-14(16-11)15-8-7-13(20)19-9-5-6-10-19/h3-10H2,1-2H3,(H,15,16,18). The van der Waals surface area contributed by atoms with Crippen molar-refractivity contribution in [2.45, 2.75) is 46.0 Å². The van der Waals surface area contributed by atoms with Crippen molar-refractivity contribution >= 4 is 11.9 Å². The molecule has 6 nitrogen and oxygen atoms in total. The van der Waals surface area contributed by atoms with Crippen molar-refractivity contribution in [3.8, 4) is 0 Å². The minimum absolute atomic E-state index is 0.212. The van der Waals surface area contributed by atoms with E-state index in [1.165, 1.54) is 0 Å². The van der Waals surface area contributed by atoms with E-state index in [1.54, 1.807) is 0 Å². The van der Waals surface area contributed by atoms with Gasteiger partial charge in [0, 0.05) is 26.1 Å². The SMILES string of the molecule is CCc1nnc(NCCC(=O)N2CCCC2)nc1CC. The van der Waals surface area contributed by atoms with E-state index in [1.807, 2.05) is 11.8 Å². The van der Waals surface area contributed by atoms with Gasteiger partial charge in [-0.05, 0) is 25.7 Å². The van der Waals surface area contributed by atoms with Gasteiger partial charge in [-0.15, -0.1) is 5.10 Å². The molecule has 6 heteroatoms. The number of aryl methyl sites for hydroxylation is 2. The molecule has 0 saturated carbocycles. The summed E-state index contributed by atoms with van der Waals surface area (Å²) in [6.07, 6.45) is 4.44. The molecule has 2 heterocycles. The van der Waals surface area contributed by atoms with Crippen LogP contribution in [-0.4, -0.2) is 45.6 Å². The Hall–Kier alpha value is -1.72. The first kappa shape index (κ1) is 14.7. The number of nitrogens with zero attached hydrogens (tertiary/aromatic N) is 4. The molecule has 20 heavy (non-hydrogen) atoms. The first-order valence-electron chi connectivity index (χ1n) is 7.48. The third-order valence-electron chi connectivity index (χ3n) is 3.59. The van der Waals surface area contributed by atoms with Crippen LogP contribution < -0.4 is 5.32 Å². The van der Waals surface area contributed by atoms with Gasteiger partial charge in [-0.2, -0.15) is 5.10 Å². The highest BCUT2D eigenvalue weighted by Gasteiger charge is 2.17. The highest BCUT2D eigenvalue weighted by atomic mass is 16.2. The molecule has 0 unspecified atom stereocenters.